The van der Waals surface area contributed by atoms with Crippen molar-refractivity contribution in [1.82, 2.24) is 39.9 Å². The molecule has 2 aliphatic rings. The van der Waals surface area contributed by atoms with E-state index in [4.69, 9.17) is 29.9 Å². The summed E-state index contributed by atoms with van der Waals surface area (Å²) in [6.45, 7) is 0. The van der Waals surface area contributed by atoms with E-state index in [2.05, 4.69) is 9.97 Å². The van der Waals surface area contributed by atoms with Crippen molar-refractivity contribution in [1.29, 1.82) is 0 Å². The van der Waals surface area contributed by atoms with E-state index in [0.29, 0.717) is 45.9 Å². The minimum absolute atomic E-state index is 0. The van der Waals surface area contributed by atoms with Crippen molar-refractivity contribution in [2.45, 2.75) is 0 Å². The minimum Gasteiger partial charge on any atom is -0.324 e. The Morgan fingerprint density at radius 1 is 0.317 bits per heavy atom. The average Bonchev–Trinajstić information content (AvgIpc) is 3.73. The summed E-state index contributed by atoms with van der Waals surface area (Å²) < 4.78 is 0. The van der Waals surface area contributed by atoms with Crippen LogP contribution in [-0.4, -0.2) is 39.9 Å². The third kappa shape index (κ3) is 3.53. The number of nitrogens with one attached hydrogen (secondary N) is 2. The predicted molar refractivity (Wildman–Crippen MR) is 156 cm³/mol. The molecule has 0 radical (unpaired) electrons. The summed E-state index contributed by atoms with van der Waals surface area (Å²) in [5.41, 5.74) is 6.45. The van der Waals surface area contributed by atoms with Crippen molar-refractivity contribution in [3.05, 3.63) is 97.1 Å². The van der Waals surface area contributed by atoms with Gasteiger partial charge < -0.3 is 9.97 Å². The van der Waals surface area contributed by atoms with Gasteiger partial charge in [-0.3, -0.25) is 0 Å². The van der Waals surface area contributed by atoms with Crippen LogP contribution < -0.4 is 0 Å². The molecule has 0 fully saturated rings. The first-order valence-electron chi connectivity index (χ1n) is 13.0. The zero-order valence-corrected chi connectivity index (χ0v) is 22.4. The standard InChI is InChI=1S/C32H18N8.Fe/c1-2-10-18-17(9-1)25-33-26(18)38-28-21-13-5-6-14-22(21)30(35-28)40-32-24-16-8-7-15-23(24)31(36-32)39-29-20-12-4-3-11-19(20)27(34-29)37-25;/h1-16H,(H2,33,34,35,36,37,38,39,40);/q;+2. The quantitative estimate of drug-likeness (QED) is 0.193. The second-order valence-corrected chi connectivity index (χ2v) is 9.79. The molecule has 5 heterocycles. The Bertz CT molecular complexity index is 2030. The van der Waals surface area contributed by atoms with Gasteiger partial charge in [-0.05, 0) is 0 Å². The fraction of sp³-hybridized carbons (Fsp3) is 0. The number of benzene rings is 4. The molecule has 41 heavy (non-hydrogen) atoms. The average molecular weight is 570 g/mol. The molecule has 0 unspecified atom stereocenters. The summed E-state index contributed by atoms with van der Waals surface area (Å²) in [4.78, 5) is 36.8. The van der Waals surface area contributed by atoms with Gasteiger partial charge in [0.25, 0.3) is 0 Å². The molecule has 0 amide bonds. The van der Waals surface area contributed by atoms with E-state index in [-0.39, 0.29) is 17.1 Å². The number of fused-ring (bicyclic) bond motifs is 20. The maximum Gasteiger partial charge on any atom is 2.00 e. The Morgan fingerprint density at radius 3 is 0.829 bits per heavy atom. The van der Waals surface area contributed by atoms with E-state index in [0.717, 1.165) is 43.8 Å². The van der Waals surface area contributed by atoms with E-state index >= 15 is 0 Å². The van der Waals surface area contributed by atoms with Crippen molar-refractivity contribution in [2.75, 3.05) is 0 Å². The van der Waals surface area contributed by atoms with Gasteiger partial charge in [-0.25, -0.2) is 29.9 Å². The molecule has 7 aromatic rings. The number of aromatic nitrogens is 8. The van der Waals surface area contributed by atoms with Gasteiger partial charge in [-0.15, -0.1) is 0 Å². The van der Waals surface area contributed by atoms with Gasteiger partial charge in [0.05, 0.1) is 0 Å². The monoisotopic (exact) mass is 570 g/mol. The molecule has 2 aliphatic heterocycles. The normalized spacial score (nSPS) is 11.7. The van der Waals surface area contributed by atoms with Gasteiger partial charge in [-0.2, -0.15) is 0 Å². The first-order chi connectivity index (χ1) is 19.8. The number of hydrogen-bond acceptors (Lipinski definition) is 6. The van der Waals surface area contributed by atoms with Gasteiger partial charge in [0.1, 0.15) is 22.6 Å². The Morgan fingerprint density at radius 2 is 0.561 bits per heavy atom. The zero-order chi connectivity index (χ0) is 26.2. The smallest absolute Gasteiger partial charge is 0.324 e. The molecule has 8 nitrogen and oxygen atoms in total. The van der Waals surface area contributed by atoms with Crippen LogP contribution in [0.2, 0.25) is 0 Å². The molecule has 4 aromatic carbocycles. The molecule has 0 saturated carbocycles. The molecule has 3 aromatic heterocycles. The topological polar surface area (TPSA) is 109 Å². The van der Waals surface area contributed by atoms with Crippen LogP contribution in [0.5, 0.6) is 0 Å². The first kappa shape index (κ1) is 23.6. The maximum absolute atomic E-state index is 5.02. The van der Waals surface area contributed by atoms with Crippen LogP contribution in [0.1, 0.15) is 0 Å². The Kier molecular flexibility index (Phi) is 5.12. The summed E-state index contributed by atoms with van der Waals surface area (Å²) in [6, 6.07) is 32.2. The molecular formula is C32H18FeN8+2. The van der Waals surface area contributed by atoms with E-state index in [1.807, 2.05) is 97.1 Å². The summed E-state index contributed by atoms with van der Waals surface area (Å²) >= 11 is 0. The minimum atomic E-state index is 0. The third-order valence-electron chi connectivity index (χ3n) is 7.46. The van der Waals surface area contributed by atoms with Crippen molar-refractivity contribution >= 4 is 44.1 Å². The fourth-order valence-corrected chi connectivity index (χ4v) is 5.59. The number of nitrogens with zero attached hydrogens (tertiary/aromatic N) is 6. The first-order valence-corrected chi connectivity index (χ1v) is 13.0. The van der Waals surface area contributed by atoms with Crippen LogP contribution in [0, 0.1) is 0 Å². The van der Waals surface area contributed by atoms with Crippen molar-refractivity contribution in [3.63, 3.8) is 0 Å². The second kappa shape index (κ2) is 8.89. The van der Waals surface area contributed by atoms with E-state index in [1.54, 1.807) is 0 Å². The Labute approximate surface area is 243 Å². The molecule has 9 rings (SSSR count). The van der Waals surface area contributed by atoms with Crippen LogP contribution in [0.4, 0.5) is 0 Å². The molecule has 192 valence electrons. The van der Waals surface area contributed by atoms with Gasteiger partial charge in [-0.1, -0.05) is 97.1 Å². The SMILES string of the molecule is [Fe+2].c1ccc2c(c1)-c1nc-2nc2[nH]c(nc3nc(nc4[nH]c(n1)c1ccccc41)-c1ccccc1-3)c1ccccc21. The molecule has 0 aliphatic carbocycles. The van der Waals surface area contributed by atoms with E-state index < -0.39 is 0 Å². The van der Waals surface area contributed by atoms with Crippen LogP contribution in [0.15, 0.2) is 97.1 Å². The van der Waals surface area contributed by atoms with Gasteiger partial charge >= 0.3 is 17.1 Å². The van der Waals surface area contributed by atoms with Gasteiger partial charge in [0.15, 0.2) is 23.3 Å². The molecule has 0 saturated heterocycles. The molecule has 0 spiro atoms. The van der Waals surface area contributed by atoms with E-state index in [1.165, 1.54) is 0 Å². The Balaban J connectivity index is 0.00000256. The van der Waals surface area contributed by atoms with Gasteiger partial charge in [0, 0.05) is 43.8 Å². The summed E-state index contributed by atoms with van der Waals surface area (Å²) in [5, 5.41) is 3.82. The largest absolute Gasteiger partial charge is 2.00 e. The summed E-state index contributed by atoms with van der Waals surface area (Å²) in [7, 11) is 0. The molecule has 0 atom stereocenters. The molecule has 8 bridgehead atoms. The van der Waals surface area contributed by atoms with Crippen LogP contribution in [-0.2, 0) is 17.1 Å². The third-order valence-corrected chi connectivity index (χ3v) is 7.46. The molecule has 2 N–H and O–H groups in total. The van der Waals surface area contributed by atoms with Crippen molar-refractivity contribution in [2.24, 2.45) is 0 Å². The van der Waals surface area contributed by atoms with Crippen LogP contribution in [0.3, 0.4) is 0 Å². The summed E-state index contributed by atoms with van der Waals surface area (Å²) in [5.74, 6) is 2.39. The van der Waals surface area contributed by atoms with Crippen molar-refractivity contribution < 1.29 is 17.1 Å². The number of aromatic amines is 2. The molecule has 9 heteroatoms. The predicted octanol–water partition coefficient (Wildman–Crippen LogP) is 6.87. The maximum atomic E-state index is 5.02. The van der Waals surface area contributed by atoms with Crippen LogP contribution >= 0.6 is 0 Å². The number of rotatable bonds is 0. The fourth-order valence-electron chi connectivity index (χ4n) is 5.59. The van der Waals surface area contributed by atoms with Crippen molar-refractivity contribution in [3.8, 4) is 45.6 Å². The Hall–Kier alpha value is -5.24. The number of H-pyrrole nitrogens is 2. The number of hydrogen-bond donors (Lipinski definition) is 2. The second-order valence-electron chi connectivity index (χ2n) is 9.79. The zero-order valence-electron chi connectivity index (χ0n) is 21.3. The van der Waals surface area contributed by atoms with Gasteiger partial charge in [0.2, 0.25) is 0 Å². The molecular weight excluding hydrogens is 552 g/mol. The summed E-state index contributed by atoms with van der Waals surface area (Å²) in [6.07, 6.45) is 0. The van der Waals surface area contributed by atoms with Crippen LogP contribution in [0.25, 0.3) is 89.7 Å². The van der Waals surface area contributed by atoms with E-state index in [9.17, 15) is 0 Å².